The van der Waals surface area contributed by atoms with Crippen LogP contribution in [0.5, 0.6) is 5.88 Å². The van der Waals surface area contributed by atoms with Crippen molar-refractivity contribution in [3.8, 4) is 5.88 Å². The Morgan fingerprint density at radius 2 is 2.17 bits per heavy atom. The van der Waals surface area contributed by atoms with Gasteiger partial charge in [-0.1, -0.05) is 11.6 Å². The van der Waals surface area contributed by atoms with Gasteiger partial charge in [0.2, 0.25) is 11.8 Å². The van der Waals surface area contributed by atoms with E-state index in [1.807, 2.05) is 0 Å². The molecule has 2 heterocycles. The van der Waals surface area contributed by atoms with Gasteiger partial charge in [-0.15, -0.1) is 0 Å². The van der Waals surface area contributed by atoms with Gasteiger partial charge in [0, 0.05) is 37.0 Å². The smallest absolute Gasteiger partial charge is 0.249 e. The van der Waals surface area contributed by atoms with Crippen molar-refractivity contribution in [2.75, 3.05) is 24.4 Å². The zero-order valence-electron chi connectivity index (χ0n) is 12.9. The molecule has 0 saturated heterocycles. The quantitative estimate of drug-likeness (QED) is 0.862. The van der Waals surface area contributed by atoms with Gasteiger partial charge in [0.1, 0.15) is 17.7 Å². The van der Waals surface area contributed by atoms with Crippen LogP contribution < -0.4 is 15.0 Å². The maximum atomic E-state index is 14.0. The Morgan fingerprint density at radius 1 is 1.42 bits per heavy atom. The van der Waals surface area contributed by atoms with Gasteiger partial charge in [-0.25, -0.2) is 13.8 Å². The number of methoxy groups -OCH3 is 1. The third-order valence-electron chi connectivity index (χ3n) is 3.93. The summed E-state index contributed by atoms with van der Waals surface area (Å²) in [7, 11) is 2.91. The fourth-order valence-corrected chi connectivity index (χ4v) is 2.85. The van der Waals surface area contributed by atoms with Gasteiger partial charge in [0.25, 0.3) is 0 Å². The van der Waals surface area contributed by atoms with E-state index in [0.29, 0.717) is 18.4 Å². The van der Waals surface area contributed by atoms with Crippen molar-refractivity contribution >= 4 is 28.9 Å². The molecule has 126 valence electrons. The predicted octanol–water partition coefficient (Wildman–Crippen LogP) is 3.02. The number of ether oxygens (including phenoxy) is 1. The number of nitrogens with zero attached hydrogens (tertiary/aromatic N) is 2. The van der Waals surface area contributed by atoms with Crippen molar-refractivity contribution in [3.63, 3.8) is 0 Å². The largest absolute Gasteiger partial charge is 0.481 e. The minimum absolute atomic E-state index is 0.0887. The molecule has 0 fully saturated rings. The van der Waals surface area contributed by atoms with E-state index in [-0.39, 0.29) is 16.6 Å². The molecule has 5 nitrogen and oxygen atoms in total. The molecule has 1 aliphatic rings. The molecule has 0 spiro atoms. The molecule has 0 aliphatic carbocycles. The van der Waals surface area contributed by atoms with Crippen molar-refractivity contribution in [2.24, 2.45) is 0 Å². The van der Waals surface area contributed by atoms with Gasteiger partial charge >= 0.3 is 0 Å². The summed E-state index contributed by atoms with van der Waals surface area (Å²) in [6, 6.07) is 2.88. The van der Waals surface area contributed by atoms with Gasteiger partial charge in [0.05, 0.1) is 17.8 Å². The lowest BCUT2D eigenvalue weighted by Crippen LogP contribution is -2.40. The summed E-state index contributed by atoms with van der Waals surface area (Å²) >= 11 is 5.69. The topological polar surface area (TPSA) is 54.5 Å². The molecule has 1 aromatic carbocycles. The number of benzene rings is 1. The van der Waals surface area contributed by atoms with Gasteiger partial charge in [-0.05, 0) is 12.1 Å². The Labute approximate surface area is 142 Å². The Kier molecular flexibility index (Phi) is 4.28. The van der Waals surface area contributed by atoms with E-state index in [9.17, 15) is 13.6 Å². The Hall–Kier alpha value is -2.41. The van der Waals surface area contributed by atoms with Crippen LogP contribution in [-0.2, 0) is 11.2 Å². The summed E-state index contributed by atoms with van der Waals surface area (Å²) in [5.41, 5.74) is 1.44. The van der Waals surface area contributed by atoms with Crippen LogP contribution in [0.1, 0.15) is 5.56 Å². The number of nitrogens with one attached hydrogen (secondary N) is 1. The summed E-state index contributed by atoms with van der Waals surface area (Å²) in [6.07, 6.45) is 1.92. The molecule has 24 heavy (non-hydrogen) atoms. The number of halogens is 3. The molecule has 1 aromatic heterocycles. The zero-order valence-corrected chi connectivity index (χ0v) is 13.7. The number of aromatic nitrogens is 1. The lowest BCUT2D eigenvalue weighted by Gasteiger charge is -2.22. The number of likely N-dealkylation sites (N-methyl/N-ethyl adjacent to an activating group) is 1. The van der Waals surface area contributed by atoms with Gasteiger partial charge in [-0.3, -0.25) is 4.79 Å². The summed E-state index contributed by atoms with van der Waals surface area (Å²) < 4.78 is 32.4. The van der Waals surface area contributed by atoms with Crippen molar-refractivity contribution < 1.29 is 18.3 Å². The molecule has 0 bridgehead atoms. The number of fused-ring (bicyclic) bond motifs is 1. The molecular formula is C16H14ClF2N3O2. The standard InChI is InChI=1S/C16H14ClF2N3O2/c1-22(14-6-9(17)10(18)7-11(14)19)16(23)13-5-8-12(21-13)3-4-20-15(8)24-2/h3-4,6-7,13,21H,5H2,1-2H3. The number of pyridine rings is 1. The molecule has 2 aromatic rings. The van der Waals surface area contributed by atoms with E-state index >= 15 is 0 Å². The number of carbonyl (C=O) groups is 1. The van der Waals surface area contributed by atoms with Crippen LogP contribution in [0.2, 0.25) is 5.02 Å². The van der Waals surface area contributed by atoms with E-state index in [0.717, 1.165) is 22.2 Å². The van der Waals surface area contributed by atoms with Crippen molar-refractivity contribution in [1.82, 2.24) is 4.98 Å². The van der Waals surface area contributed by atoms with Crippen molar-refractivity contribution in [1.29, 1.82) is 0 Å². The fourth-order valence-electron chi connectivity index (χ4n) is 2.70. The monoisotopic (exact) mass is 353 g/mol. The lowest BCUT2D eigenvalue weighted by molar-refractivity contribution is -0.118. The van der Waals surface area contributed by atoms with E-state index in [1.165, 1.54) is 14.2 Å². The van der Waals surface area contributed by atoms with Gasteiger partial charge < -0.3 is 15.0 Å². The highest BCUT2D eigenvalue weighted by Crippen LogP contribution is 2.33. The summed E-state index contributed by atoms with van der Waals surface area (Å²) in [6.45, 7) is 0. The van der Waals surface area contributed by atoms with E-state index in [4.69, 9.17) is 16.3 Å². The number of hydrogen-bond donors (Lipinski definition) is 1. The number of hydrogen-bond acceptors (Lipinski definition) is 4. The normalized spacial score (nSPS) is 15.6. The van der Waals surface area contributed by atoms with Crippen LogP contribution in [0.4, 0.5) is 20.2 Å². The summed E-state index contributed by atoms with van der Waals surface area (Å²) in [5, 5.41) is 2.81. The maximum absolute atomic E-state index is 14.0. The number of amides is 1. The second-order valence-electron chi connectivity index (χ2n) is 5.36. The Bertz CT molecular complexity index is 816. The van der Waals surface area contributed by atoms with Crippen molar-refractivity contribution in [2.45, 2.75) is 12.5 Å². The highest BCUT2D eigenvalue weighted by Gasteiger charge is 2.32. The van der Waals surface area contributed by atoms with Crippen molar-refractivity contribution in [3.05, 3.63) is 46.6 Å². The van der Waals surface area contributed by atoms with Crippen LogP contribution in [0.15, 0.2) is 24.4 Å². The van der Waals surface area contributed by atoms with Gasteiger partial charge in [-0.2, -0.15) is 0 Å². The van der Waals surface area contributed by atoms with Gasteiger partial charge in [0.15, 0.2) is 0 Å². The third-order valence-corrected chi connectivity index (χ3v) is 4.22. The first-order chi connectivity index (χ1) is 11.4. The molecule has 1 unspecified atom stereocenters. The Morgan fingerprint density at radius 3 is 2.88 bits per heavy atom. The first-order valence-corrected chi connectivity index (χ1v) is 7.50. The van der Waals surface area contributed by atoms with Crippen LogP contribution >= 0.6 is 11.6 Å². The fraction of sp³-hybridized carbons (Fsp3) is 0.250. The Balaban J connectivity index is 1.85. The summed E-state index contributed by atoms with van der Waals surface area (Å²) in [4.78, 5) is 17.9. The first kappa shape index (κ1) is 16.4. The molecule has 1 amide bonds. The minimum Gasteiger partial charge on any atom is -0.481 e. The minimum atomic E-state index is -0.874. The van der Waals surface area contributed by atoms with Crippen LogP contribution in [0, 0.1) is 11.6 Å². The average molecular weight is 354 g/mol. The first-order valence-electron chi connectivity index (χ1n) is 7.13. The number of carbonyl (C=O) groups excluding carboxylic acids is 1. The molecule has 0 radical (unpaired) electrons. The molecule has 8 heteroatoms. The number of rotatable bonds is 3. The molecule has 3 rings (SSSR count). The second kappa shape index (κ2) is 6.24. The van der Waals surface area contributed by atoms with Crippen LogP contribution in [-0.4, -0.2) is 31.1 Å². The maximum Gasteiger partial charge on any atom is 0.249 e. The van der Waals surface area contributed by atoms with E-state index < -0.39 is 17.7 Å². The molecule has 1 aliphatic heterocycles. The molecule has 0 saturated carbocycles. The molecule has 1 N–H and O–H groups in total. The average Bonchev–Trinajstić information content (AvgIpc) is 3.00. The van der Waals surface area contributed by atoms with E-state index in [1.54, 1.807) is 12.3 Å². The molecule has 1 atom stereocenters. The van der Waals surface area contributed by atoms with E-state index in [2.05, 4.69) is 10.3 Å². The third kappa shape index (κ3) is 2.75. The highest BCUT2D eigenvalue weighted by atomic mass is 35.5. The predicted molar refractivity (Wildman–Crippen MR) is 86.7 cm³/mol. The van der Waals surface area contributed by atoms with Crippen LogP contribution in [0.25, 0.3) is 0 Å². The number of anilines is 2. The molecular weight excluding hydrogens is 340 g/mol. The lowest BCUT2D eigenvalue weighted by atomic mass is 10.1. The summed E-state index contributed by atoms with van der Waals surface area (Å²) in [5.74, 6) is -1.67. The zero-order chi connectivity index (χ0) is 17.4. The van der Waals surface area contributed by atoms with Crippen LogP contribution in [0.3, 0.4) is 0 Å². The SMILES string of the molecule is COc1nccc2c1CC(C(=O)N(C)c1cc(Cl)c(F)cc1F)N2. The second-order valence-corrected chi connectivity index (χ2v) is 5.77. The highest BCUT2D eigenvalue weighted by molar-refractivity contribution is 6.31.